The van der Waals surface area contributed by atoms with Crippen LogP contribution in [-0.2, 0) is 28.8 Å². The number of carbonyl (C=O) groups is 6. The van der Waals surface area contributed by atoms with Gasteiger partial charge in [0.25, 0.3) is 0 Å². The first-order chi connectivity index (χ1) is 11.8. The minimum Gasteiger partial charge on any atom is -0.344 e. The summed E-state index contributed by atoms with van der Waals surface area (Å²) in [4.78, 5) is 68.7. The number of carbonyl (C=O) groups excluding carboxylic acids is 6. The van der Waals surface area contributed by atoms with E-state index in [2.05, 4.69) is 21.3 Å². The molecule has 2 fully saturated rings. The summed E-state index contributed by atoms with van der Waals surface area (Å²) in [6.45, 7) is 0. The summed E-state index contributed by atoms with van der Waals surface area (Å²) < 4.78 is 0. The molecule has 0 bridgehead atoms. The van der Waals surface area contributed by atoms with E-state index in [9.17, 15) is 28.8 Å². The first-order valence-corrected chi connectivity index (χ1v) is 8.11. The van der Waals surface area contributed by atoms with Gasteiger partial charge in [0.1, 0.15) is 12.1 Å². The molecule has 25 heavy (non-hydrogen) atoms. The van der Waals surface area contributed by atoms with Crippen LogP contribution < -0.4 is 21.3 Å². The zero-order chi connectivity index (χ0) is 18.4. The van der Waals surface area contributed by atoms with Crippen molar-refractivity contribution in [3.63, 3.8) is 0 Å². The average Bonchev–Trinajstić information content (AvgIpc) is 2.53. The molecule has 6 amide bonds. The quantitative estimate of drug-likeness (QED) is 0.406. The van der Waals surface area contributed by atoms with Crippen LogP contribution in [0.1, 0.15) is 44.9 Å². The van der Waals surface area contributed by atoms with Gasteiger partial charge < -0.3 is 10.6 Å². The summed E-state index contributed by atoms with van der Waals surface area (Å²) in [5.41, 5.74) is 0. The number of hydrogen-bond acceptors (Lipinski definition) is 6. The molecule has 136 valence electrons. The summed E-state index contributed by atoms with van der Waals surface area (Å²) in [6.07, 6.45) is 1.19. The summed E-state index contributed by atoms with van der Waals surface area (Å²) >= 11 is 0. The van der Waals surface area contributed by atoms with E-state index in [0.717, 1.165) is 0 Å². The fraction of sp³-hybridized carbons (Fsp3) is 0.600. The lowest BCUT2D eigenvalue weighted by Gasteiger charge is -2.22. The van der Waals surface area contributed by atoms with Crippen molar-refractivity contribution < 1.29 is 28.8 Å². The van der Waals surface area contributed by atoms with Gasteiger partial charge in [-0.05, 0) is 19.3 Å². The number of amides is 6. The number of hydrogen-bond donors (Lipinski definition) is 4. The molecule has 2 atom stereocenters. The minimum absolute atomic E-state index is 0.0422. The van der Waals surface area contributed by atoms with Gasteiger partial charge in [0.15, 0.2) is 0 Å². The molecule has 2 aliphatic rings. The Morgan fingerprint density at radius 2 is 1.20 bits per heavy atom. The van der Waals surface area contributed by atoms with Crippen LogP contribution in [-0.4, -0.2) is 47.5 Å². The highest BCUT2D eigenvalue weighted by Crippen LogP contribution is 2.07. The third-order valence-electron chi connectivity index (χ3n) is 3.96. The number of rotatable bonds is 6. The third kappa shape index (κ3) is 5.66. The van der Waals surface area contributed by atoms with Crippen molar-refractivity contribution in [2.24, 2.45) is 0 Å². The Balaban J connectivity index is 1.64. The molecule has 4 N–H and O–H groups in total. The summed E-state index contributed by atoms with van der Waals surface area (Å²) in [5.74, 6) is -2.55. The van der Waals surface area contributed by atoms with Crippen molar-refractivity contribution in [2.45, 2.75) is 57.0 Å². The zero-order valence-electron chi connectivity index (χ0n) is 13.6. The zero-order valence-corrected chi connectivity index (χ0v) is 13.6. The Bertz CT molecular complexity index is 565. The van der Waals surface area contributed by atoms with Crippen molar-refractivity contribution in [3.8, 4) is 0 Å². The lowest BCUT2D eigenvalue weighted by atomic mass is 10.1. The number of imide groups is 2. The standard InChI is InChI=1S/C15H20N4O6/c20-10(16-8-4-6-12(22)18-14(8)24)2-1-3-11(21)17-9-5-7-13(23)19-15(9)25/h8-9H,1-7H2,(H,16,20)(H,17,21)(H,18,22,24)(H,19,23,25)/t8-,9+. The highest BCUT2D eigenvalue weighted by molar-refractivity contribution is 6.02. The molecular weight excluding hydrogens is 332 g/mol. The molecule has 10 nitrogen and oxygen atoms in total. The van der Waals surface area contributed by atoms with Crippen LogP contribution in [0.15, 0.2) is 0 Å². The van der Waals surface area contributed by atoms with E-state index in [1.165, 1.54) is 0 Å². The highest BCUT2D eigenvalue weighted by Gasteiger charge is 2.29. The van der Waals surface area contributed by atoms with Crippen molar-refractivity contribution in [1.82, 2.24) is 21.3 Å². The summed E-state index contributed by atoms with van der Waals surface area (Å²) in [7, 11) is 0. The second-order valence-electron chi connectivity index (χ2n) is 6.00. The fourth-order valence-corrected chi connectivity index (χ4v) is 2.61. The smallest absolute Gasteiger partial charge is 0.249 e. The Morgan fingerprint density at radius 1 is 0.800 bits per heavy atom. The Kier molecular flexibility index (Phi) is 6.20. The van der Waals surface area contributed by atoms with Gasteiger partial charge in [-0.2, -0.15) is 0 Å². The lowest BCUT2D eigenvalue weighted by Crippen LogP contribution is -2.52. The molecule has 0 aromatic carbocycles. The molecule has 0 radical (unpaired) electrons. The van der Waals surface area contributed by atoms with Gasteiger partial charge in [0.2, 0.25) is 35.4 Å². The molecule has 2 rings (SSSR count). The van der Waals surface area contributed by atoms with E-state index in [1.807, 2.05) is 0 Å². The maximum Gasteiger partial charge on any atom is 0.249 e. The molecule has 0 spiro atoms. The minimum atomic E-state index is -0.734. The van der Waals surface area contributed by atoms with E-state index in [4.69, 9.17) is 0 Å². The third-order valence-corrected chi connectivity index (χ3v) is 3.96. The SMILES string of the molecule is O=C1CC[C@H](NC(=O)CCCC(=O)N[C@@H]2CCC(=O)NC2=O)C(=O)N1. The van der Waals surface area contributed by atoms with E-state index < -0.39 is 23.9 Å². The van der Waals surface area contributed by atoms with Gasteiger partial charge in [-0.1, -0.05) is 0 Å². The van der Waals surface area contributed by atoms with E-state index in [1.54, 1.807) is 0 Å². The van der Waals surface area contributed by atoms with Crippen molar-refractivity contribution >= 4 is 35.4 Å². The molecule has 0 unspecified atom stereocenters. The number of nitrogens with one attached hydrogen (secondary N) is 4. The summed E-state index contributed by atoms with van der Waals surface area (Å²) in [5, 5.41) is 9.33. The molecule has 10 heteroatoms. The molecule has 2 saturated heterocycles. The topological polar surface area (TPSA) is 151 Å². The van der Waals surface area contributed by atoms with Gasteiger partial charge in [-0.3, -0.25) is 39.4 Å². The van der Waals surface area contributed by atoms with E-state index in [0.29, 0.717) is 0 Å². The molecule has 0 aromatic rings. The van der Waals surface area contributed by atoms with Crippen LogP contribution in [0.25, 0.3) is 0 Å². The second kappa shape index (κ2) is 8.36. The average molecular weight is 352 g/mol. The van der Waals surface area contributed by atoms with Gasteiger partial charge in [-0.25, -0.2) is 0 Å². The molecule has 0 aromatic heterocycles. The molecule has 2 aliphatic heterocycles. The molecular formula is C15H20N4O6. The van der Waals surface area contributed by atoms with Crippen molar-refractivity contribution in [2.75, 3.05) is 0 Å². The maximum absolute atomic E-state index is 11.8. The van der Waals surface area contributed by atoms with Gasteiger partial charge in [0, 0.05) is 25.7 Å². The van der Waals surface area contributed by atoms with Gasteiger partial charge in [-0.15, -0.1) is 0 Å². The summed E-state index contributed by atoms with van der Waals surface area (Å²) in [6, 6.07) is -1.47. The van der Waals surface area contributed by atoms with Crippen LogP contribution in [0.5, 0.6) is 0 Å². The predicted octanol–water partition coefficient (Wildman–Crippen LogP) is -2.00. The fourth-order valence-electron chi connectivity index (χ4n) is 2.61. The Morgan fingerprint density at radius 3 is 1.56 bits per heavy atom. The first kappa shape index (κ1) is 18.6. The van der Waals surface area contributed by atoms with Crippen LogP contribution in [0, 0.1) is 0 Å². The van der Waals surface area contributed by atoms with Gasteiger partial charge in [0.05, 0.1) is 0 Å². The Labute approximate surface area is 143 Å². The van der Waals surface area contributed by atoms with Crippen LogP contribution in [0.4, 0.5) is 0 Å². The van der Waals surface area contributed by atoms with E-state index in [-0.39, 0.29) is 68.6 Å². The van der Waals surface area contributed by atoms with E-state index >= 15 is 0 Å². The second-order valence-corrected chi connectivity index (χ2v) is 6.00. The van der Waals surface area contributed by atoms with Crippen molar-refractivity contribution in [3.05, 3.63) is 0 Å². The van der Waals surface area contributed by atoms with Gasteiger partial charge >= 0.3 is 0 Å². The van der Waals surface area contributed by atoms with Crippen LogP contribution in [0.2, 0.25) is 0 Å². The first-order valence-electron chi connectivity index (χ1n) is 8.11. The molecule has 2 heterocycles. The Hall–Kier alpha value is -2.78. The normalized spacial score (nSPS) is 23.5. The maximum atomic E-state index is 11.8. The molecule has 0 aliphatic carbocycles. The van der Waals surface area contributed by atoms with Crippen LogP contribution >= 0.6 is 0 Å². The lowest BCUT2D eigenvalue weighted by molar-refractivity contribution is -0.137. The monoisotopic (exact) mass is 352 g/mol. The number of piperidine rings is 2. The largest absolute Gasteiger partial charge is 0.344 e. The molecule has 0 saturated carbocycles. The van der Waals surface area contributed by atoms with Crippen LogP contribution in [0.3, 0.4) is 0 Å². The predicted molar refractivity (Wildman–Crippen MR) is 82.5 cm³/mol. The van der Waals surface area contributed by atoms with Crippen molar-refractivity contribution in [1.29, 1.82) is 0 Å². The highest BCUT2D eigenvalue weighted by atomic mass is 16.2.